The number of imidazole rings is 1. The Morgan fingerprint density at radius 1 is 1.45 bits per heavy atom. The van der Waals surface area contributed by atoms with Crippen LogP contribution in [0.1, 0.15) is 32.3 Å². The third-order valence-corrected chi connectivity index (χ3v) is 3.56. The number of aryl methyl sites for hydroxylation is 1. The fraction of sp³-hybridized carbons (Fsp3) is 0.375. The minimum Gasteiger partial charge on any atom is -0.294 e. The molecule has 0 fully saturated rings. The SMILES string of the molecule is CCCC(C)C(=Nc1ccc(Cl)cc1C)n1ccnc1. The van der Waals surface area contributed by atoms with Crippen LogP contribution >= 0.6 is 11.6 Å². The molecule has 0 aliphatic rings. The van der Waals surface area contributed by atoms with Gasteiger partial charge in [0.05, 0.1) is 5.69 Å². The molecule has 1 heterocycles. The number of benzene rings is 1. The van der Waals surface area contributed by atoms with Crippen LogP contribution in [0.15, 0.2) is 41.9 Å². The number of hydrogen-bond acceptors (Lipinski definition) is 2. The largest absolute Gasteiger partial charge is 0.294 e. The molecule has 1 aromatic carbocycles. The van der Waals surface area contributed by atoms with E-state index in [2.05, 4.69) is 18.8 Å². The highest BCUT2D eigenvalue weighted by Crippen LogP contribution is 2.24. The van der Waals surface area contributed by atoms with E-state index in [1.54, 1.807) is 12.5 Å². The van der Waals surface area contributed by atoms with E-state index in [1.807, 2.05) is 35.9 Å². The lowest BCUT2D eigenvalue weighted by Gasteiger charge is -2.15. The summed E-state index contributed by atoms with van der Waals surface area (Å²) in [5.74, 6) is 1.40. The quantitative estimate of drug-likeness (QED) is 0.584. The standard InChI is InChI=1S/C16H20ClN3/c1-4-5-12(2)16(20-9-8-18-11-20)19-15-7-6-14(17)10-13(15)3/h6-12H,4-5H2,1-3H3. The molecule has 20 heavy (non-hydrogen) atoms. The van der Waals surface area contributed by atoms with E-state index < -0.39 is 0 Å². The van der Waals surface area contributed by atoms with Gasteiger partial charge in [-0.15, -0.1) is 0 Å². The maximum Gasteiger partial charge on any atom is 0.117 e. The molecule has 0 spiro atoms. The highest BCUT2D eigenvalue weighted by molar-refractivity contribution is 6.30. The number of rotatable bonds is 4. The molecule has 0 aliphatic heterocycles. The Labute approximate surface area is 125 Å². The lowest BCUT2D eigenvalue weighted by Crippen LogP contribution is -2.19. The van der Waals surface area contributed by atoms with Crippen molar-refractivity contribution in [3.8, 4) is 0 Å². The van der Waals surface area contributed by atoms with Crippen molar-refractivity contribution in [2.45, 2.75) is 33.6 Å². The molecular formula is C16H20ClN3. The van der Waals surface area contributed by atoms with Crippen LogP contribution in [0.4, 0.5) is 5.69 Å². The van der Waals surface area contributed by atoms with Crippen molar-refractivity contribution in [2.75, 3.05) is 0 Å². The molecule has 106 valence electrons. The molecule has 1 unspecified atom stereocenters. The molecule has 1 atom stereocenters. The summed E-state index contributed by atoms with van der Waals surface area (Å²) in [6, 6.07) is 5.78. The van der Waals surface area contributed by atoms with Crippen LogP contribution in [0.25, 0.3) is 0 Å². The fourth-order valence-corrected chi connectivity index (χ4v) is 2.47. The molecule has 2 rings (SSSR count). The fourth-order valence-electron chi connectivity index (χ4n) is 2.25. The van der Waals surface area contributed by atoms with Gasteiger partial charge in [0.25, 0.3) is 0 Å². The summed E-state index contributed by atoms with van der Waals surface area (Å²) in [5, 5.41) is 0.743. The summed E-state index contributed by atoms with van der Waals surface area (Å²) in [5.41, 5.74) is 2.04. The highest BCUT2D eigenvalue weighted by Gasteiger charge is 2.12. The average Bonchev–Trinajstić information content (AvgIpc) is 2.91. The van der Waals surface area contributed by atoms with Crippen molar-refractivity contribution in [1.29, 1.82) is 0 Å². The number of aromatic nitrogens is 2. The van der Waals surface area contributed by atoms with E-state index in [-0.39, 0.29) is 0 Å². The first-order valence-corrected chi connectivity index (χ1v) is 7.32. The Morgan fingerprint density at radius 2 is 2.25 bits per heavy atom. The van der Waals surface area contributed by atoms with Crippen LogP contribution in [-0.2, 0) is 0 Å². The van der Waals surface area contributed by atoms with Crippen LogP contribution in [0.5, 0.6) is 0 Å². The zero-order chi connectivity index (χ0) is 14.5. The van der Waals surface area contributed by atoms with E-state index in [9.17, 15) is 0 Å². The molecule has 0 radical (unpaired) electrons. The minimum absolute atomic E-state index is 0.379. The Balaban J connectivity index is 2.42. The molecule has 0 N–H and O–H groups in total. The van der Waals surface area contributed by atoms with Crippen LogP contribution in [0.3, 0.4) is 0 Å². The predicted octanol–water partition coefficient (Wildman–Crippen LogP) is 4.86. The smallest absolute Gasteiger partial charge is 0.117 e. The maximum absolute atomic E-state index is 6.00. The number of halogens is 1. The van der Waals surface area contributed by atoms with Gasteiger partial charge in [0.2, 0.25) is 0 Å². The Morgan fingerprint density at radius 3 is 2.85 bits per heavy atom. The van der Waals surface area contributed by atoms with Gasteiger partial charge in [-0.1, -0.05) is 31.9 Å². The normalized spacial score (nSPS) is 13.5. The highest BCUT2D eigenvalue weighted by atomic mass is 35.5. The van der Waals surface area contributed by atoms with E-state index in [1.165, 1.54) is 0 Å². The summed E-state index contributed by atoms with van der Waals surface area (Å²) in [7, 11) is 0. The van der Waals surface area contributed by atoms with Crippen molar-refractivity contribution >= 4 is 23.1 Å². The Hall–Kier alpha value is -1.61. The topological polar surface area (TPSA) is 30.2 Å². The third-order valence-electron chi connectivity index (χ3n) is 3.33. The van der Waals surface area contributed by atoms with Gasteiger partial charge in [0.15, 0.2) is 0 Å². The van der Waals surface area contributed by atoms with Crippen molar-refractivity contribution < 1.29 is 0 Å². The van der Waals surface area contributed by atoms with E-state index in [0.29, 0.717) is 5.92 Å². The number of aliphatic imine (C=N–C) groups is 1. The number of hydrogen-bond donors (Lipinski definition) is 0. The first-order chi connectivity index (χ1) is 9.61. The number of nitrogens with zero attached hydrogens (tertiary/aromatic N) is 3. The van der Waals surface area contributed by atoms with Gasteiger partial charge >= 0.3 is 0 Å². The Kier molecular flexibility index (Phi) is 4.96. The monoisotopic (exact) mass is 289 g/mol. The third kappa shape index (κ3) is 3.48. The molecule has 1 aromatic heterocycles. The predicted molar refractivity (Wildman–Crippen MR) is 85.0 cm³/mol. The van der Waals surface area contributed by atoms with Gasteiger partial charge in [0.1, 0.15) is 12.2 Å². The summed E-state index contributed by atoms with van der Waals surface area (Å²) < 4.78 is 1.99. The summed E-state index contributed by atoms with van der Waals surface area (Å²) in [6.07, 6.45) is 7.76. The minimum atomic E-state index is 0.379. The first kappa shape index (κ1) is 14.8. The van der Waals surface area contributed by atoms with E-state index >= 15 is 0 Å². The van der Waals surface area contributed by atoms with Gasteiger partial charge in [-0.3, -0.25) is 4.57 Å². The average molecular weight is 290 g/mol. The van der Waals surface area contributed by atoms with E-state index in [0.717, 1.165) is 35.0 Å². The second-order valence-corrected chi connectivity index (χ2v) is 5.50. The zero-order valence-corrected chi connectivity index (χ0v) is 12.9. The van der Waals surface area contributed by atoms with Crippen LogP contribution < -0.4 is 0 Å². The molecule has 4 heteroatoms. The maximum atomic E-state index is 6.00. The van der Waals surface area contributed by atoms with Crippen molar-refractivity contribution in [3.63, 3.8) is 0 Å². The summed E-state index contributed by atoms with van der Waals surface area (Å²) >= 11 is 6.00. The zero-order valence-electron chi connectivity index (χ0n) is 12.2. The molecule has 0 amide bonds. The van der Waals surface area contributed by atoms with Crippen LogP contribution in [0.2, 0.25) is 5.02 Å². The van der Waals surface area contributed by atoms with Gasteiger partial charge < -0.3 is 0 Å². The molecule has 0 aliphatic carbocycles. The van der Waals surface area contributed by atoms with Gasteiger partial charge in [-0.05, 0) is 37.1 Å². The Bertz CT molecular complexity index is 588. The molecule has 3 nitrogen and oxygen atoms in total. The second kappa shape index (κ2) is 6.71. The van der Waals surface area contributed by atoms with Crippen molar-refractivity contribution in [1.82, 2.24) is 9.55 Å². The lowest BCUT2D eigenvalue weighted by atomic mass is 10.0. The lowest BCUT2D eigenvalue weighted by molar-refractivity contribution is 0.649. The van der Waals surface area contributed by atoms with Gasteiger partial charge in [-0.25, -0.2) is 9.98 Å². The molecule has 0 saturated carbocycles. The second-order valence-electron chi connectivity index (χ2n) is 5.06. The summed E-state index contributed by atoms with van der Waals surface area (Å²) in [6.45, 7) is 6.42. The van der Waals surface area contributed by atoms with Crippen LogP contribution in [0, 0.1) is 12.8 Å². The molecular weight excluding hydrogens is 270 g/mol. The molecule has 0 saturated heterocycles. The van der Waals surface area contributed by atoms with Gasteiger partial charge in [-0.2, -0.15) is 0 Å². The van der Waals surface area contributed by atoms with Crippen LogP contribution in [-0.4, -0.2) is 15.4 Å². The molecule has 2 aromatic rings. The van der Waals surface area contributed by atoms with Gasteiger partial charge in [0, 0.05) is 23.3 Å². The van der Waals surface area contributed by atoms with Crippen molar-refractivity contribution in [3.05, 3.63) is 47.5 Å². The molecule has 0 bridgehead atoms. The first-order valence-electron chi connectivity index (χ1n) is 6.95. The van der Waals surface area contributed by atoms with Crippen molar-refractivity contribution in [2.24, 2.45) is 10.9 Å². The van der Waals surface area contributed by atoms with E-state index in [4.69, 9.17) is 16.6 Å². The summed E-state index contributed by atoms with van der Waals surface area (Å²) in [4.78, 5) is 8.97.